The van der Waals surface area contributed by atoms with Gasteiger partial charge in [0.15, 0.2) is 0 Å². The van der Waals surface area contributed by atoms with Gasteiger partial charge in [-0.1, -0.05) is 251 Å². The normalized spacial score (nSPS) is 12.9. The molecule has 3 N–H and O–H groups in total. The molecule has 0 rings (SSSR count). The lowest BCUT2D eigenvalue weighted by Crippen LogP contribution is -2.45. The molecule has 2 unspecified atom stereocenters. The molecule has 1 amide bonds. The predicted octanol–water partition coefficient (Wildman–Crippen LogP) is 15.8. The Bertz CT molecular complexity index is 739. The molecule has 322 valence electrons. The number of carbonyl (C=O) groups is 1. The molecule has 4 heteroatoms. The Kier molecular flexibility index (Phi) is 45.8. The second-order valence-electron chi connectivity index (χ2n) is 17.2. The molecule has 0 spiro atoms. The third-order valence-corrected chi connectivity index (χ3v) is 11.8. The number of hydrogen-bond acceptors (Lipinski definition) is 3. The van der Waals surface area contributed by atoms with E-state index in [1.165, 1.54) is 225 Å². The van der Waals surface area contributed by atoms with Crippen LogP contribution in [0.4, 0.5) is 0 Å². The van der Waals surface area contributed by atoms with Crippen molar-refractivity contribution in [3.05, 3.63) is 12.2 Å². The van der Waals surface area contributed by atoms with Gasteiger partial charge in [-0.2, -0.15) is 0 Å². The number of rotatable bonds is 46. The summed E-state index contributed by atoms with van der Waals surface area (Å²) in [6, 6.07) is -0.527. The molecular formula is C50H99NO3. The minimum absolute atomic E-state index is 0.0379. The van der Waals surface area contributed by atoms with E-state index in [1.807, 2.05) is 0 Å². The molecule has 0 aliphatic carbocycles. The highest BCUT2D eigenvalue weighted by molar-refractivity contribution is 5.76. The van der Waals surface area contributed by atoms with E-state index < -0.39 is 12.1 Å². The van der Waals surface area contributed by atoms with E-state index in [-0.39, 0.29) is 12.5 Å². The van der Waals surface area contributed by atoms with Crippen LogP contribution in [-0.2, 0) is 4.79 Å². The highest BCUT2D eigenvalue weighted by Crippen LogP contribution is 2.17. The van der Waals surface area contributed by atoms with Crippen molar-refractivity contribution in [1.29, 1.82) is 0 Å². The summed E-state index contributed by atoms with van der Waals surface area (Å²) in [6.45, 7) is 4.23. The average Bonchev–Trinajstić information content (AvgIpc) is 3.17. The van der Waals surface area contributed by atoms with Crippen molar-refractivity contribution in [3.8, 4) is 0 Å². The fraction of sp³-hybridized carbons (Fsp3) is 0.940. The molecule has 0 aromatic rings. The number of aliphatic hydroxyl groups is 2. The van der Waals surface area contributed by atoms with Gasteiger partial charge in [0, 0.05) is 6.42 Å². The van der Waals surface area contributed by atoms with Gasteiger partial charge in [-0.15, -0.1) is 0 Å². The van der Waals surface area contributed by atoms with Crippen LogP contribution in [0.25, 0.3) is 0 Å². The summed E-state index contributed by atoms with van der Waals surface area (Å²) < 4.78 is 0. The maximum absolute atomic E-state index is 12.2. The summed E-state index contributed by atoms with van der Waals surface area (Å²) in [4.78, 5) is 12.2. The predicted molar refractivity (Wildman–Crippen MR) is 239 cm³/mol. The monoisotopic (exact) mass is 762 g/mol. The van der Waals surface area contributed by atoms with E-state index >= 15 is 0 Å². The highest BCUT2D eigenvalue weighted by Gasteiger charge is 2.19. The molecule has 0 aliphatic rings. The van der Waals surface area contributed by atoms with Crippen molar-refractivity contribution in [1.82, 2.24) is 5.32 Å². The van der Waals surface area contributed by atoms with Crippen molar-refractivity contribution in [2.24, 2.45) is 0 Å². The maximum atomic E-state index is 12.2. The van der Waals surface area contributed by atoms with Gasteiger partial charge in [-0.3, -0.25) is 4.79 Å². The molecule has 0 aliphatic heterocycles. The van der Waals surface area contributed by atoms with E-state index in [2.05, 4.69) is 31.3 Å². The van der Waals surface area contributed by atoms with Crippen molar-refractivity contribution in [3.63, 3.8) is 0 Å². The van der Waals surface area contributed by atoms with E-state index in [4.69, 9.17) is 0 Å². The molecule has 0 radical (unpaired) electrons. The van der Waals surface area contributed by atoms with Crippen LogP contribution >= 0.6 is 0 Å². The molecular weight excluding hydrogens is 663 g/mol. The lowest BCUT2D eigenvalue weighted by molar-refractivity contribution is -0.123. The number of carbonyl (C=O) groups excluding carboxylic acids is 1. The first kappa shape index (κ1) is 53.1. The van der Waals surface area contributed by atoms with Crippen molar-refractivity contribution < 1.29 is 15.0 Å². The van der Waals surface area contributed by atoms with Crippen LogP contribution < -0.4 is 5.32 Å². The fourth-order valence-electron chi connectivity index (χ4n) is 7.95. The summed E-state index contributed by atoms with van der Waals surface area (Å²) in [5.74, 6) is -0.0379. The number of amides is 1. The van der Waals surface area contributed by atoms with Crippen LogP contribution in [0.15, 0.2) is 12.2 Å². The molecule has 0 saturated carbocycles. The minimum Gasteiger partial charge on any atom is -0.394 e. The number of hydrogen-bond donors (Lipinski definition) is 3. The SMILES string of the molecule is CCCCCCCCCC/C=C\CCCCCCCCCCCCCCCCCCCCCCCCCCCCCC(=O)NC(CO)C(O)CCCCC. The summed E-state index contributed by atoms with van der Waals surface area (Å²) in [5.41, 5.74) is 0. The Balaban J connectivity index is 3.23. The Hall–Kier alpha value is -0.870. The van der Waals surface area contributed by atoms with E-state index in [9.17, 15) is 15.0 Å². The van der Waals surface area contributed by atoms with Crippen LogP contribution in [0.5, 0.6) is 0 Å². The van der Waals surface area contributed by atoms with Gasteiger partial charge in [-0.05, 0) is 38.5 Å². The standard InChI is InChI=1S/C50H99NO3/c1-3-5-7-8-9-10-11-12-13-14-15-16-17-18-19-20-21-22-23-24-25-26-27-28-29-30-31-32-33-34-35-36-37-38-39-40-41-42-44-46-50(54)51-48(47-52)49(53)45-43-6-4-2/h14-15,48-49,52-53H,3-13,16-47H2,1-2H3,(H,51,54)/b15-14-. The minimum atomic E-state index is -0.651. The summed E-state index contributed by atoms with van der Waals surface area (Å²) in [5, 5.41) is 22.6. The van der Waals surface area contributed by atoms with E-state index in [1.54, 1.807) is 0 Å². The highest BCUT2D eigenvalue weighted by atomic mass is 16.3. The Morgan fingerprint density at radius 2 is 0.704 bits per heavy atom. The first-order valence-electron chi connectivity index (χ1n) is 24.9. The number of aliphatic hydroxyl groups excluding tert-OH is 2. The van der Waals surface area contributed by atoms with Gasteiger partial charge in [0.1, 0.15) is 0 Å². The van der Waals surface area contributed by atoms with Crippen LogP contribution in [0.1, 0.15) is 284 Å². The molecule has 0 bridgehead atoms. The summed E-state index contributed by atoms with van der Waals surface area (Å²) in [7, 11) is 0. The Labute approximate surface area is 339 Å². The molecule has 4 nitrogen and oxygen atoms in total. The van der Waals surface area contributed by atoms with Crippen LogP contribution in [-0.4, -0.2) is 34.9 Å². The third kappa shape index (κ3) is 42.3. The first-order valence-corrected chi connectivity index (χ1v) is 24.9. The van der Waals surface area contributed by atoms with Gasteiger partial charge in [-0.25, -0.2) is 0 Å². The second kappa shape index (κ2) is 46.5. The van der Waals surface area contributed by atoms with E-state index in [0.29, 0.717) is 12.8 Å². The topological polar surface area (TPSA) is 69.6 Å². The summed E-state index contributed by atoms with van der Waals surface area (Å²) in [6.07, 6.45) is 59.9. The van der Waals surface area contributed by atoms with Gasteiger partial charge in [0.05, 0.1) is 18.8 Å². The molecule has 0 aromatic carbocycles. The van der Waals surface area contributed by atoms with Gasteiger partial charge < -0.3 is 15.5 Å². The smallest absolute Gasteiger partial charge is 0.220 e. The maximum Gasteiger partial charge on any atom is 0.220 e. The third-order valence-electron chi connectivity index (χ3n) is 11.8. The zero-order valence-corrected chi connectivity index (χ0v) is 37.0. The average molecular weight is 762 g/mol. The van der Waals surface area contributed by atoms with Crippen molar-refractivity contribution in [2.45, 2.75) is 296 Å². The van der Waals surface area contributed by atoms with E-state index in [0.717, 1.165) is 32.1 Å². The van der Waals surface area contributed by atoms with Crippen LogP contribution in [0, 0.1) is 0 Å². The van der Waals surface area contributed by atoms with Gasteiger partial charge >= 0.3 is 0 Å². The number of nitrogens with one attached hydrogen (secondary N) is 1. The fourth-order valence-corrected chi connectivity index (χ4v) is 7.95. The van der Waals surface area contributed by atoms with Crippen LogP contribution in [0.3, 0.4) is 0 Å². The molecule has 0 aromatic heterocycles. The zero-order valence-electron chi connectivity index (χ0n) is 37.0. The van der Waals surface area contributed by atoms with Gasteiger partial charge in [0.2, 0.25) is 5.91 Å². The molecule has 54 heavy (non-hydrogen) atoms. The van der Waals surface area contributed by atoms with Crippen molar-refractivity contribution in [2.75, 3.05) is 6.61 Å². The largest absolute Gasteiger partial charge is 0.394 e. The lowest BCUT2D eigenvalue weighted by atomic mass is 10.0. The quantitative estimate of drug-likeness (QED) is 0.0427. The molecule has 0 saturated heterocycles. The van der Waals surface area contributed by atoms with Crippen LogP contribution in [0.2, 0.25) is 0 Å². The molecule has 0 fully saturated rings. The number of unbranched alkanes of at least 4 members (excludes halogenated alkanes) is 37. The lowest BCUT2D eigenvalue weighted by Gasteiger charge is -2.22. The molecule has 0 heterocycles. The zero-order chi connectivity index (χ0) is 39.3. The second-order valence-corrected chi connectivity index (χ2v) is 17.2. The first-order chi connectivity index (χ1) is 26.7. The Morgan fingerprint density at radius 1 is 0.426 bits per heavy atom. The van der Waals surface area contributed by atoms with Gasteiger partial charge in [0.25, 0.3) is 0 Å². The Morgan fingerprint density at radius 3 is 1.02 bits per heavy atom. The van der Waals surface area contributed by atoms with Crippen molar-refractivity contribution >= 4 is 5.91 Å². The molecule has 2 atom stereocenters. The summed E-state index contributed by atoms with van der Waals surface area (Å²) >= 11 is 0. The number of allylic oxidation sites excluding steroid dienone is 2.